The number of aliphatic imine (C=N–C) groups is 1. The van der Waals surface area contributed by atoms with E-state index in [-0.39, 0.29) is 0 Å². The Hall–Kier alpha value is -0.630. The van der Waals surface area contributed by atoms with Gasteiger partial charge in [-0.2, -0.15) is 0 Å². The monoisotopic (exact) mass is 152 g/mol. The summed E-state index contributed by atoms with van der Waals surface area (Å²) in [6, 6.07) is 0. The van der Waals surface area contributed by atoms with Gasteiger partial charge in [-0.25, -0.2) is 0 Å². The topological polar surface area (TPSA) is 15.6 Å². The van der Waals surface area contributed by atoms with Crippen molar-refractivity contribution < 1.29 is 0 Å². The third-order valence-corrected chi connectivity index (χ3v) is 2.05. The van der Waals surface area contributed by atoms with Crippen LogP contribution in [0, 0.1) is 5.92 Å². The Balaban J connectivity index is 2.26. The van der Waals surface area contributed by atoms with Crippen molar-refractivity contribution in [1.82, 2.24) is 4.90 Å². The van der Waals surface area contributed by atoms with E-state index in [1.54, 1.807) is 0 Å². The van der Waals surface area contributed by atoms with Gasteiger partial charge in [-0.3, -0.25) is 9.89 Å². The van der Waals surface area contributed by atoms with E-state index in [4.69, 9.17) is 0 Å². The van der Waals surface area contributed by atoms with Crippen molar-refractivity contribution in [2.24, 2.45) is 10.9 Å². The van der Waals surface area contributed by atoms with Crippen LogP contribution in [0.1, 0.15) is 6.92 Å². The first kappa shape index (κ1) is 8.47. The molecule has 11 heavy (non-hydrogen) atoms. The van der Waals surface area contributed by atoms with Crippen LogP contribution in [0.4, 0.5) is 0 Å². The third-order valence-electron chi connectivity index (χ3n) is 2.05. The van der Waals surface area contributed by atoms with Crippen LogP contribution in [0.5, 0.6) is 0 Å². The van der Waals surface area contributed by atoms with Gasteiger partial charge in [-0.1, -0.05) is 13.5 Å². The Morgan fingerprint density at radius 2 is 2.36 bits per heavy atom. The van der Waals surface area contributed by atoms with E-state index < -0.39 is 0 Å². The Morgan fingerprint density at radius 3 is 2.73 bits per heavy atom. The number of likely N-dealkylation sites (tertiary alicyclic amines) is 1. The number of hydrogen-bond acceptors (Lipinski definition) is 2. The Morgan fingerprint density at radius 1 is 1.73 bits per heavy atom. The summed E-state index contributed by atoms with van der Waals surface area (Å²) in [5.74, 6) is 0.873. The average molecular weight is 152 g/mol. The predicted molar refractivity (Wildman–Crippen MR) is 49.2 cm³/mol. The molecule has 1 rings (SSSR count). The molecule has 0 saturated carbocycles. The SMILES string of the molecule is C=CC(CN1CC(C)C1)=NC. The zero-order valence-electron chi connectivity index (χ0n) is 7.38. The Labute approximate surface area is 68.6 Å². The highest BCUT2D eigenvalue weighted by Crippen LogP contribution is 2.13. The maximum atomic E-state index is 4.11. The molecule has 2 heteroatoms. The molecule has 0 atom stereocenters. The normalized spacial score (nSPS) is 21.5. The minimum Gasteiger partial charge on any atom is -0.297 e. The molecule has 0 unspecified atom stereocenters. The quantitative estimate of drug-likeness (QED) is 0.555. The van der Waals surface area contributed by atoms with Crippen LogP contribution in [0.25, 0.3) is 0 Å². The van der Waals surface area contributed by atoms with Crippen LogP contribution < -0.4 is 0 Å². The number of hydrogen-bond donors (Lipinski definition) is 0. The summed E-state index contributed by atoms with van der Waals surface area (Å²) in [6.07, 6.45) is 1.84. The summed E-state index contributed by atoms with van der Waals surface area (Å²) in [7, 11) is 1.82. The smallest absolute Gasteiger partial charge is 0.0479 e. The van der Waals surface area contributed by atoms with Crippen molar-refractivity contribution >= 4 is 5.71 Å². The van der Waals surface area contributed by atoms with Crippen molar-refractivity contribution in [3.63, 3.8) is 0 Å². The molecule has 0 aromatic carbocycles. The van der Waals surface area contributed by atoms with Crippen molar-refractivity contribution in [2.45, 2.75) is 6.92 Å². The molecule has 1 fully saturated rings. The average Bonchev–Trinajstić information content (AvgIpc) is 1.96. The lowest BCUT2D eigenvalue weighted by Gasteiger charge is -2.36. The molecule has 1 saturated heterocycles. The highest BCUT2D eigenvalue weighted by Gasteiger charge is 2.22. The van der Waals surface area contributed by atoms with Gasteiger partial charge in [0.25, 0.3) is 0 Å². The van der Waals surface area contributed by atoms with E-state index in [9.17, 15) is 0 Å². The van der Waals surface area contributed by atoms with Crippen LogP contribution in [0.15, 0.2) is 17.6 Å². The lowest BCUT2D eigenvalue weighted by Crippen LogP contribution is -2.47. The second kappa shape index (κ2) is 3.67. The first-order chi connectivity index (χ1) is 5.26. The molecule has 1 aliphatic rings. The van der Waals surface area contributed by atoms with Crippen molar-refractivity contribution in [3.05, 3.63) is 12.7 Å². The molecule has 0 amide bonds. The molecule has 0 N–H and O–H groups in total. The molecule has 62 valence electrons. The fraction of sp³-hybridized carbons (Fsp3) is 0.667. The minimum absolute atomic E-state index is 0.873. The van der Waals surface area contributed by atoms with Crippen LogP contribution in [-0.4, -0.2) is 37.3 Å². The summed E-state index contributed by atoms with van der Waals surface area (Å²) in [5.41, 5.74) is 1.09. The minimum atomic E-state index is 0.873. The van der Waals surface area contributed by atoms with E-state index in [0.29, 0.717) is 0 Å². The molecule has 0 bridgehead atoms. The maximum Gasteiger partial charge on any atom is 0.0479 e. The second-order valence-corrected chi connectivity index (χ2v) is 3.22. The summed E-state index contributed by atoms with van der Waals surface area (Å²) in [6.45, 7) is 9.38. The molecule has 0 aromatic rings. The summed E-state index contributed by atoms with van der Waals surface area (Å²) in [5, 5.41) is 0. The fourth-order valence-electron chi connectivity index (χ4n) is 1.41. The number of rotatable bonds is 3. The molecular weight excluding hydrogens is 136 g/mol. The second-order valence-electron chi connectivity index (χ2n) is 3.22. The lowest BCUT2D eigenvalue weighted by atomic mass is 10.0. The maximum absolute atomic E-state index is 4.11. The largest absolute Gasteiger partial charge is 0.297 e. The van der Waals surface area contributed by atoms with Gasteiger partial charge in [0, 0.05) is 32.4 Å². The molecule has 1 heterocycles. The van der Waals surface area contributed by atoms with E-state index >= 15 is 0 Å². The van der Waals surface area contributed by atoms with Crippen molar-refractivity contribution in [2.75, 3.05) is 26.7 Å². The third kappa shape index (κ3) is 2.15. The lowest BCUT2D eigenvalue weighted by molar-refractivity contribution is 0.135. The predicted octanol–water partition coefficient (Wildman–Crippen LogP) is 1.19. The van der Waals surface area contributed by atoms with Gasteiger partial charge in [0.15, 0.2) is 0 Å². The highest BCUT2D eigenvalue weighted by molar-refractivity contribution is 5.96. The van der Waals surface area contributed by atoms with E-state index in [0.717, 1.165) is 18.2 Å². The van der Waals surface area contributed by atoms with Gasteiger partial charge >= 0.3 is 0 Å². The van der Waals surface area contributed by atoms with Gasteiger partial charge < -0.3 is 0 Å². The molecule has 0 radical (unpaired) electrons. The first-order valence-electron chi connectivity index (χ1n) is 4.06. The van der Waals surface area contributed by atoms with Crippen LogP contribution in [0.2, 0.25) is 0 Å². The van der Waals surface area contributed by atoms with Gasteiger partial charge in [-0.05, 0) is 12.0 Å². The number of nitrogens with zero attached hydrogens (tertiary/aromatic N) is 2. The van der Waals surface area contributed by atoms with E-state index in [1.165, 1.54) is 13.1 Å². The summed E-state index contributed by atoms with van der Waals surface area (Å²) in [4.78, 5) is 6.49. The van der Waals surface area contributed by atoms with E-state index in [2.05, 4.69) is 23.4 Å². The molecule has 1 aliphatic heterocycles. The Kier molecular flexibility index (Phi) is 2.83. The van der Waals surface area contributed by atoms with Gasteiger partial charge in [0.2, 0.25) is 0 Å². The van der Waals surface area contributed by atoms with Gasteiger partial charge in [0.05, 0.1) is 0 Å². The van der Waals surface area contributed by atoms with Crippen molar-refractivity contribution in [1.29, 1.82) is 0 Å². The molecule has 0 spiro atoms. The molecular formula is C9H16N2. The summed E-state index contributed by atoms with van der Waals surface area (Å²) < 4.78 is 0. The Bertz CT molecular complexity index is 166. The summed E-state index contributed by atoms with van der Waals surface area (Å²) >= 11 is 0. The zero-order valence-corrected chi connectivity index (χ0v) is 7.38. The van der Waals surface area contributed by atoms with Gasteiger partial charge in [-0.15, -0.1) is 0 Å². The fourth-order valence-corrected chi connectivity index (χ4v) is 1.41. The van der Waals surface area contributed by atoms with E-state index in [1.807, 2.05) is 13.1 Å². The van der Waals surface area contributed by atoms with Crippen molar-refractivity contribution in [3.8, 4) is 0 Å². The standard InChI is InChI=1S/C9H16N2/c1-4-9(10-3)7-11-5-8(2)6-11/h4,8H,1,5-7H2,2-3H3. The molecule has 2 nitrogen and oxygen atoms in total. The first-order valence-corrected chi connectivity index (χ1v) is 4.06. The van der Waals surface area contributed by atoms with Gasteiger partial charge in [0.1, 0.15) is 0 Å². The van der Waals surface area contributed by atoms with Crippen LogP contribution in [-0.2, 0) is 0 Å². The van der Waals surface area contributed by atoms with Crippen LogP contribution in [0.3, 0.4) is 0 Å². The highest BCUT2D eigenvalue weighted by atomic mass is 15.2. The molecule has 0 aliphatic carbocycles. The zero-order chi connectivity index (χ0) is 8.27. The molecule has 0 aromatic heterocycles. The van der Waals surface area contributed by atoms with Crippen LogP contribution >= 0.6 is 0 Å².